The lowest BCUT2D eigenvalue weighted by atomic mass is 9.81. The van der Waals surface area contributed by atoms with Gasteiger partial charge in [-0.15, -0.1) is 0 Å². The van der Waals surface area contributed by atoms with Crippen molar-refractivity contribution in [1.29, 1.82) is 0 Å². The number of hydrogen-bond acceptors (Lipinski definition) is 24. The zero-order valence-corrected chi connectivity index (χ0v) is 55.2. The van der Waals surface area contributed by atoms with E-state index in [1.165, 1.54) is 97.1 Å². The fourth-order valence-electron chi connectivity index (χ4n) is 12.7. The summed E-state index contributed by atoms with van der Waals surface area (Å²) in [4.78, 5) is 116. The van der Waals surface area contributed by atoms with Gasteiger partial charge in [0.1, 0.15) is 62.0 Å². The van der Waals surface area contributed by atoms with Gasteiger partial charge in [0.2, 0.25) is 0 Å². The zero-order chi connectivity index (χ0) is 71.4. The van der Waals surface area contributed by atoms with E-state index in [-0.39, 0.29) is 50.9 Å². The molecule has 1 saturated carbocycles. The second-order valence-electron chi connectivity index (χ2n) is 24.7. The first kappa shape index (κ1) is 70.6. The van der Waals surface area contributed by atoms with E-state index in [0.29, 0.717) is 12.8 Å². The molecule has 0 radical (unpaired) electrons. The monoisotopic (exact) mass is 1400 g/mol. The van der Waals surface area contributed by atoms with Crippen molar-refractivity contribution in [3.8, 4) is 0 Å². The molecule has 103 heavy (non-hydrogen) atoms. The molecule has 24 heteroatoms. The van der Waals surface area contributed by atoms with Crippen molar-refractivity contribution in [3.63, 3.8) is 0 Å². The Morgan fingerprint density at radius 2 is 0.563 bits per heavy atom. The highest BCUT2D eigenvalue weighted by Gasteiger charge is 2.70. The summed E-state index contributed by atoms with van der Waals surface area (Å²) in [5, 5.41) is 12.9. The molecule has 0 spiro atoms. The van der Waals surface area contributed by atoms with E-state index in [0.717, 1.165) is 0 Å². The zero-order valence-electron chi connectivity index (χ0n) is 55.2. The average molecular weight is 1400 g/mol. The summed E-state index contributed by atoms with van der Waals surface area (Å²) >= 11 is 0. The second kappa shape index (κ2) is 32.5. The summed E-state index contributed by atoms with van der Waals surface area (Å²) in [5.74, 6) is -9.56. The first-order valence-electron chi connectivity index (χ1n) is 33.6. The topological polar surface area (TPSA) is 295 Å². The first-order chi connectivity index (χ1) is 50.2. The van der Waals surface area contributed by atoms with E-state index >= 15 is 0 Å². The molecule has 530 valence electrons. The van der Waals surface area contributed by atoms with Crippen molar-refractivity contribution in [2.75, 3.05) is 13.2 Å². The molecule has 1 N–H and O–H groups in total. The van der Waals surface area contributed by atoms with Gasteiger partial charge >= 0.3 is 47.8 Å². The largest absolute Gasteiger partial charge is 0.459 e. The molecule has 6 fully saturated rings. The molecular weight excluding hydrogens is 1330 g/mol. The molecule has 5 heterocycles. The fraction of sp³-hybridized carbons (Fsp3) is 0.291. The Balaban J connectivity index is 0.924. The molecule has 14 rings (SSSR count). The number of aliphatic hydroxyl groups is 1. The third-order valence-electron chi connectivity index (χ3n) is 17.8. The molecule has 0 amide bonds. The normalized spacial score (nSPS) is 27.4. The standard InChI is InChI=1S/C79H70O24/c1-2-3-44-79-101-60-57(80)61(102-79)65(100-78-68(98-76(88)54-42-26-11-27-43-54)63(96-74(86)52-38-22-9-23-39-52)59(94-72(84)50-34-18-7-19-35-50)56(92-78)46-90-70(82)48-30-14-5-15-31-48)66(103-79)64(60)99-77-67(97-75(87)53-40-24-10-25-41-53)62(95-73(85)51-36-20-8-21-37-51)58(93-71(83)49-32-16-6-17-33-49)55(91-77)45-89-69(81)47-28-12-4-13-29-47/h4-43,55-68,77-78,80H,2-3,44-46H2,1H3/t55-,56-,57?,58-,59-,60-,61+,62+,63+,64+,65+,66?,67+,68+,77-,78-,79?/m1/s1. The van der Waals surface area contributed by atoms with E-state index in [2.05, 4.69) is 0 Å². The summed E-state index contributed by atoms with van der Waals surface area (Å²) in [6.07, 6.45) is -27.2. The maximum atomic E-state index is 14.8. The number of hydrogen-bond donors (Lipinski definition) is 1. The molecule has 8 aromatic rings. The lowest BCUT2D eigenvalue weighted by Gasteiger charge is -2.63. The number of benzene rings is 8. The van der Waals surface area contributed by atoms with Crippen molar-refractivity contribution >= 4 is 47.8 Å². The first-order valence-corrected chi connectivity index (χ1v) is 33.6. The molecule has 17 atom stereocenters. The van der Waals surface area contributed by atoms with Gasteiger partial charge in [0.05, 0.1) is 44.5 Å². The van der Waals surface area contributed by atoms with Crippen LogP contribution in [0.2, 0.25) is 0 Å². The minimum absolute atomic E-state index is 0.000665. The number of esters is 8. The Morgan fingerprint density at radius 1 is 0.320 bits per heavy atom. The lowest BCUT2D eigenvalue weighted by molar-refractivity contribution is -0.551. The van der Waals surface area contributed by atoms with Crippen LogP contribution in [-0.2, 0) is 71.1 Å². The van der Waals surface area contributed by atoms with Crippen LogP contribution >= 0.6 is 0 Å². The van der Waals surface area contributed by atoms with Gasteiger partial charge in [0.25, 0.3) is 5.97 Å². The van der Waals surface area contributed by atoms with Gasteiger partial charge in [0, 0.05) is 6.42 Å². The third-order valence-corrected chi connectivity index (χ3v) is 17.8. The quantitative estimate of drug-likeness (QED) is 0.0411. The smallest absolute Gasteiger partial charge is 0.338 e. The predicted molar refractivity (Wildman–Crippen MR) is 357 cm³/mol. The van der Waals surface area contributed by atoms with E-state index in [1.54, 1.807) is 146 Å². The summed E-state index contributed by atoms with van der Waals surface area (Å²) in [6, 6.07) is 62.4. The Hall–Kier alpha value is -10.8. The van der Waals surface area contributed by atoms with Crippen molar-refractivity contribution in [3.05, 3.63) is 287 Å². The van der Waals surface area contributed by atoms with Crippen LogP contribution < -0.4 is 0 Å². The molecule has 5 saturated heterocycles. The number of aliphatic hydroxyl groups excluding tert-OH is 1. The SMILES string of the molecule is CCCCC12OC3[C@@H](O[C@H]4O[C@H](COC(=O)c5ccccc5)[C@@H](OC(=O)c5ccccc5)[C@H](OC(=O)c5ccccc5)[C@@H]4OC(=O)c4ccccc4)[C@H](O1)C(O)[C@H](O2)[C@@H]3O[C@H]1O[C@H](COC(=O)c2ccccc2)[C@@H](OC(=O)c2ccccc2)[C@H](OC(=O)c2ccccc2)[C@@H]1OC(=O)c1ccccc1. The maximum Gasteiger partial charge on any atom is 0.338 e. The molecule has 24 nitrogen and oxygen atoms in total. The fourth-order valence-corrected chi connectivity index (χ4v) is 12.7. The van der Waals surface area contributed by atoms with Gasteiger partial charge in [-0.25, -0.2) is 38.4 Å². The van der Waals surface area contributed by atoms with E-state index in [1.807, 2.05) is 6.92 Å². The molecule has 0 aromatic heterocycles. The Bertz CT molecular complexity index is 3960. The summed E-state index contributed by atoms with van der Waals surface area (Å²) < 4.78 is 98.1. The minimum atomic E-state index is -2.01. The van der Waals surface area contributed by atoms with Crippen molar-refractivity contribution in [2.24, 2.45) is 0 Å². The second-order valence-corrected chi connectivity index (χ2v) is 24.7. The molecular formula is C79H70O24. The van der Waals surface area contributed by atoms with E-state index in [9.17, 15) is 43.5 Å². The van der Waals surface area contributed by atoms with Crippen molar-refractivity contribution in [1.82, 2.24) is 0 Å². The maximum absolute atomic E-state index is 14.8. The summed E-state index contributed by atoms with van der Waals surface area (Å²) in [7, 11) is 0. The van der Waals surface area contributed by atoms with Crippen molar-refractivity contribution < 1.29 is 115 Å². The van der Waals surface area contributed by atoms with Crippen LogP contribution in [0.1, 0.15) is 109 Å². The van der Waals surface area contributed by atoms with Gasteiger partial charge in [-0.2, -0.15) is 0 Å². The number of rotatable bonds is 25. The highest BCUT2D eigenvalue weighted by molar-refractivity contribution is 5.93. The van der Waals surface area contributed by atoms with Gasteiger partial charge in [-0.1, -0.05) is 159 Å². The molecule has 8 aromatic carbocycles. The van der Waals surface area contributed by atoms with Crippen LogP contribution in [0.25, 0.3) is 0 Å². The molecule has 4 bridgehead atoms. The highest BCUT2D eigenvalue weighted by atomic mass is 16.9. The highest BCUT2D eigenvalue weighted by Crippen LogP contribution is 2.51. The van der Waals surface area contributed by atoms with Crippen LogP contribution in [0.5, 0.6) is 0 Å². The van der Waals surface area contributed by atoms with Crippen LogP contribution in [0.15, 0.2) is 243 Å². The molecule has 3 unspecified atom stereocenters. The average Bonchev–Trinajstić information content (AvgIpc) is 0.704. The van der Waals surface area contributed by atoms with Crippen LogP contribution in [0.4, 0.5) is 0 Å². The minimum Gasteiger partial charge on any atom is -0.459 e. The van der Waals surface area contributed by atoms with Gasteiger partial charge in [-0.05, 0) is 103 Å². The number of carbonyl (C=O) groups excluding carboxylic acids is 8. The van der Waals surface area contributed by atoms with Gasteiger partial charge in [-0.3, -0.25) is 0 Å². The number of carbonyl (C=O) groups is 8. The van der Waals surface area contributed by atoms with Crippen LogP contribution in [0, 0.1) is 0 Å². The van der Waals surface area contributed by atoms with E-state index < -0.39 is 165 Å². The third kappa shape index (κ3) is 16.3. The molecule has 1 aliphatic carbocycles. The predicted octanol–water partition coefficient (Wildman–Crippen LogP) is 9.68. The van der Waals surface area contributed by atoms with Crippen LogP contribution in [0.3, 0.4) is 0 Å². The number of unbranched alkanes of at least 4 members (excludes halogenated alkanes) is 1. The van der Waals surface area contributed by atoms with E-state index in [4.69, 9.17) is 71.1 Å². The number of ether oxygens (including phenoxy) is 15. The molecule has 5 aliphatic heterocycles. The van der Waals surface area contributed by atoms with Gasteiger partial charge < -0.3 is 76.2 Å². The van der Waals surface area contributed by atoms with Gasteiger partial charge in [0.15, 0.2) is 49.2 Å². The Labute approximate surface area is 590 Å². The molecule has 6 aliphatic rings. The van der Waals surface area contributed by atoms with Crippen molar-refractivity contribution in [2.45, 2.75) is 130 Å². The Morgan fingerprint density at radius 3 is 0.835 bits per heavy atom. The Kier molecular flexibility index (Phi) is 22.3. The summed E-state index contributed by atoms with van der Waals surface area (Å²) in [5.41, 5.74) is 0.337. The lowest BCUT2D eigenvalue weighted by Crippen LogP contribution is -2.80. The summed E-state index contributed by atoms with van der Waals surface area (Å²) in [6.45, 7) is 0.435. The van der Waals surface area contributed by atoms with Crippen LogP contribution in [-0.4, -0.2) is 170 Å².